The fourth-order valence-corrected chi connectivity index (χ4v) is 3.27. The van der Waals surface area contributed by atoms with Crippen molar-refractivity contribution in [2.45, 2.75) is 38.6 Å². The molecule has 0 aromatic carbocycles. The van der Waals surface area contributed by atoms with Crippen LogP contribution in [0.25, 0.3) is 0 Å². The van der Waals surface area contributed by atoms with E-state index in [9.17, 15) is 4.79 Å². The molecule has 2 fully saturated rings. The molecule has 0 spiro atoms. The number of nitrogens with zero attached hydrogens (tertiary/aromatic N) is 3. The van der Waals surface area contributed by atoms with E-state index >= 15 is 0 Å². The van der Waals surface area contributed by atoms with Gasteiger partial charge < -0.3 is 15.5 Å². The highest BCUT2D eigenvalue weighted by molar-refractivity contribution is 5.81. The van der Waals surface area contributed by atoms with Crippen LogP contribution >= 0.6 is 0 Å². The van der Waals surface area contributed by atoms with Crippen molar-refractivity contribution in [1.82, 2.24) is 14.7 Å². The molecule has 2 heterocycles. The first-order valence-electron chi connectivity index (χ1n) is 8.17. The van der Waals surface area contributed by atoms with Gasteiger partial charge in [0.1, 0.15) is 0 Å². The van der Waals surface area contributed by atoms with Crippen molar-refractivity contribution in [3.05, 3.63) is 0 Å². The molecule has 5 heteroatoms. The Morgan fingerprint density at radius 3 is 2.50 bits per heavy atom. The lowest BCUT2D eigenvalue weighted by molar-refractivity contribution is -0.135. The molecule has 1 amide bonds. The Morgan fingerprint density at radius 2 is 1.80 bits per heavy atom. The van der Waals surface area contributed by atoms with Gasteiger partial charge in [-0.3, -0.25) is 9.69 Å². The highest BCUT2D eigenvalue weighted by atomic mass is 16.2. The highest BCUT2D eigenvalue weighted by Gasteiger charge is 2.28. The molecule has 2 rings (SSSR count). The van der Waals surface area contributed by atoms with E-state index in [0.717, 1.165) is 65.2 Å². The number of amides is 1. The minimum atomic E-state index is 0.0440. The first kappa shape index (κ1) is 15.7. The molecule has 2 N–H and O–H groups in total. The molecule has 0 aromatic heterocycles. The van der Waals surface area contributed by atoms with Crippen LogP contribution in [-0.2, 0) is 4.79 Å². The van der Waals surface area contributed by atoms with E-state index in [1.54, 1.807) is 0 Å². The summed E-state index contributed by atoms with van der Waals surface area (Å²) in [6.45, 7) is 10.1. The molecule has 1 atom stereocenters. The molecular formula is C15H30N4O. The van der Waals surface area contributed by atoms with E-state index in [4.69, 9.17) is 5.73 Å². The summed E-state index contributed by atoms with van der Waals surface area (Å²) in [5.74, 6) is 0.331. The predicted octanol–water partition coefficient (Wildman–Crippen LogP) is 0.354. The van der Waals surface area contributed by atoms with Crippen LogP contribution in [0.5, 0.6) is 0 Å². The van der Waals surface area contributed by atoms with E-state index in [2.05, 4.69) is 16.7 Å². The Morgan fingerprint density at radius 1 is 1.05 bits per heavy atom. The van der Waals surface area contributed by atoms with Crippen LogP contribution in [0.15, 0.2) is 0 Å². The molecular weight excluding hydrogens is 252 g/mol. The van der Waals surface area contributed by atoms with Gasteiger partial charge in [-0.2, -0.15) is 0 Å². The summed E-state index contributed by atoms with van der Waals surface area (Å²) in [6.07, 6.45) is 4.57. The fraction of sp³-hybridized carbons (Fsp3) is 0.933. The first-order chi connectivity index (χ1) is 9.72. The summed E-state index contributed by atoms with van der Waals surface area (Å²) in [5, 5.41) is 0. The van der Waals surface area contributed by atoms with Gasteiger partial charge in [0.05, 0.1) is 6.04 Å². The van der Waals surface area contributed by atoms with Gasteiger partial charge >= 0.3 is 0 Å². The normalized spacial score (nSPS) is 23.8. The minimum Gasteiger partial charge on any atom is -0.341 e. The second-order valence-corrected chi connectivity index (χ2v) is 6.08. The summed E-state index contributed by atoms with van der Waals surface area (Å²) in [4.78, 5) is 19.4. The van der Waals surface area contributed by atoms with E-state index in [0.29, 0.717) is 5.91 Å². The van der Waals surface area contributed by atoms with Crippen molar-refractivity contribution < 1.29 is 4.79 Å². The lowest BCUT2D eigenvalue weighted by Gasteiger charge is -2.30. The van der Waals surface area contributed by atoms with Crippen LogP contribution in [0.4, 0.5) is 0 Å². The van der Waals surface area contributed by atoms with Crippen molar-refractivity contribution in [1.29, 1.82) is 0 Å². The predicted molar refractivity (Wildman–Crippen MR) is 81.6 cm³/mol. The standard InChI is InChI=1S/C15H30N4O/c1-14(15(20)19-9-2-3-10-19)18-11-5-8-17(12-13-18)7-4-6-16/h14H,2-13,16H2,1H3. The number of carbonyl (C=O) groups is 1. The Balaban J connectivity index is 1.81. The summed E-state index contributed by atoms with van der Waals surface area (Å²) < 4.78 is 0. The van der Waals surface area contributed by atoms with Crippen molar-refractivity contribution in [2.24, 2.45) is 5.73 Å². The van der Waals surface area contributed by atoms with Crippen molar-refractivity contribution in [2.75, 3.05) is 52.4 Å². The Kier molecular flexibility index (Phi) is 6.26. The van der Waals surface area contributed by atoms with Gasteiger partial charge in [0, 0.05) is 32.7 Å². The number of hydrogen-bond donors (Lipinski definition) is 1. The zero-order valence-electron chi connectivity index (χ0n) is 12.9. The lowest BCUT2D eigenvalue weighted by atomic mass is 10.2. The maximum Gasteiger partial charge on any atom is 0.239 e. The molecule has 5 nitrogen and oxygen atoms in total. The third-order valence-electron chi connectivity index (χ3n) is 4.62. The lowest BCUT2D eigenvalue weighted by Crippen LogP contribution is -2.47. The zero-order valence-corrected chi connectivity index (χ0v) is 12.9. The van der Waals surface area contributed by atoms with Gasteiger partial charge in [-0.05, 0) is 52.2 Å². The smallest absolute Gasteiger partial charge is 0.239 e. The molecule has 0 aliphatic carbocycles. The molecule has 1 unspecified atom stereocenters. The maximum absolute atomic E-state index is 12.5. The van der Waals surface area contributed by atoms with E-state index in [1.807, 2.05) is 4.90 Å². The summed E-state index contributed by atoms with van der Waals surface area (Å²) in [7, 11) is 0. The third-order valence-corrected chi connectivity index (χ3v) is 4.62. The molecule has 0 radical (unpaired) electrons. The number of carbonyl (C=O) groups excluding carboxylic acids is 1. The largest absolute Gasteiger partial charge is 0.341 e. The Labute approximate surface area is 123 Å². The van der Waals surface area contributed by atoms with Crippen molar-refractivity contribution >= 4 is 5.91 Å². The van der Waals surface area contributed by atoms with Gasteiger partial charge in [0.15, 0.2) is 0 Å². The topological polar surface area (TPSA) is 52.8 Å². The SMILES string of the molecule is CC(C(=O)N1CCCC1)N1CCCN(CCCN)CC1. The van der Waals surface area contributed by atoms with Gasteiger partial charge in [-0.25, -0.2) is 0 Å². The van der Waals surface area contributed by atoms with Crippen LogP contribution in [0.1, 0.15) is 32.6 Å². The first-order valence-corrected chi connectivity index (χ1v) is 8.17. The molecule has 0 saturated carbocycles. The van der Waals surface area contributed by atoms with E-state index in [1.165, 1.54) is 12.8 Å². The Bertz CT molecular complexity index is 304. The van der Waals surface area contributed by atoms with E-state index in [-0.39, 0.29) is 6.04 Å². The van der Waals surface area contributed by atoms with Crippen LogP contribution in [0, 0.1) is 0 Å². The fourth-order valence-electron chi connectivity index (χ4n) is 3.27. The van der Waals surface area contributed by atoms with Crippen LogP contribution in [0.2, 0.25) is 0 Å². The molecule has 2 aliphatic heterocycles. The van der Waals surface area contributed by atoms with Crippen LogP contribution < -0.4 is 5.73 Å². The number of nitrogens with two attached hydrogens (primary N) is 1. The molecule has 2 saturated heterocycles. The van der Waals surface area contributed by atoms with Gasteiger partial charge in [0.25, 0.3) is 0 Å². The summed E-state index contributed by atoms with van der Waals surface area (Å²) in [6, 6.07) is 0.0440. The minimum absolute atomic E-state index is 0.0440. The third kappa shape index (κ3) is 4.17. The van der Waals surface area contributed by atoms with Crippen molar-refractivity contribution in [3.63, 3.8) is 0 Å². The number of rotatable bonds is 5. The molecule has 20 heavy (non-hydrogen) atoms. The second kappa shape index (κ2) is 7.96. The molecule has 0 bridgehead atoms. The van der Waals surface area contributed by atoms with Crippen LogP contribution in [-0.4, -0.2) is 79.0 Å². The highest BCUT2D eigenvalue weighted by Crippen LogP contribution is 2.14. The monoisotopic (exact) mass is 282 g/mol. The Hall–Kier alpha value is -0.650. The molecule has 0 aromatic rings. The second-order valence-electron chi connectivity index (χ2n) is 6.08. The number of hydrogen-bond acceptors (Lipinski definition) is 4. The maximum atomic E-state index is 12.5. The van der Waals surface area contributed by atoms with Gasteiger partial charge in [0.2, 0.25) is 5.91 Å². The quantitative estimate of drug-likeness (QED) is 0.791. The van der Waals surface area contributed by atoms with Crippen molar-refractivity contribution in [3.8, 4) is 0 Å². The van der Waals surface area contributed by atoms with Crippen LogP contribution in [0.3, 0.4) is 0 Å². The average Bonchev–Trinajstić information content (AvgIpc) is 2.90. The summed E-state index contributed by atoms with van der Waals surface area (Å²) in [5.41, 5.74) is 5.58. The van der Waals surface area contributed by atoms with Gasteiger partial charge in [-0.1, -0.05) is 0 Å². The summed E-state index contributed by atoms with van der Waals surface area (Å²) >= 11 is 0. The average molecular weight is 282 g/mol. The number of likely N-dealkylation sites (tertiary alicyclic amines) is 1. The molecule has 2 aliphatic rings. The molecule has 116 valence electrons. The van der Waals surface area contributed by atoms with E-state index < -0.39 is 0 Å². The van der Waals surface area contributed by atoms with Gasteiger partial charge in [-0.15, -0.1) is 0 Å². The zero-order chi connectivity index (χ0) is 14.4.